The van der Waals surface area contributed by atoms with Crippen LogP contribution >= 0.6 is 0 Å². The number of carbonyl (C=O) groups excluding carboxylic acids is 1. The number of hydrogen-bond donors (Lipinski definition) is 2. The fourth-order valence-corrected chi connectivity index (χ4v) is 2.45. The average molecular weight is 290 g/mol. The summed E-state index contributed by atoms with van der Waals surface area (Å²) in [5.74, 6) is 0. The van der Waals surface area contributed by atoms with Crippen LogP contribution in [-0.4, -0.2) is 48.4 Å². The number of morpholine rings is 1. The molecule has 1 aromatic carbocycles. The summed E-state index contributed by atoms with van der Waals surface area (Å²) in [6, 6.07) is 9.21. The fraction of sp³-hybridized carbons (Fsp3) is 0.438. The van der Waals surface area contributed by atoms with Gasteiger partial charge in [-0.15, -0.1) is 6.58 Å². The molecule has 0 aliphatic carbocycles. The molecule has 1 aromatic rings. The Morgan fingerprint density at radius 2 is 2.29 bits per heavy atom. The van der Waals surface area contributed by atoms with E-state index in [1.807, 2.05) is 30.3 Å². The highest BCUT2D eigenvalue weighted by Crippen LogP contribution is 2.22. The third kappa shape index (κ3) is 4.31. The molecule has 1 saturated heterocycles. The lowest BCUT2D eigenvalue weighted by Crippen LogP contribution is -2.52. The molecule has 1 fully saturated rings. The Balaban J connectivity index is 1.98. The van der Waals surface area contributed by atoms with E-state index in [1.165, 1.54) is 0 Å². The maximum atomic E-state index is 12.1. The number of hydrogen-bond acceptors (Lipinski definition) is 3. The average Bonchev–Trinajstić information content (AvgIpc) is 2.54. The molecule has 0 spiro atoms. The van der Waals surface area contributed by atoms with Crippen LogP contribution in [0.15, 0.2) is 43.0 Å². The zero-order valence-corrected chi connectivity index (χ0v) is 12.1. The first kappa shape index (κ1) is 15.5. The summed E-state index contributed by atoms with van der Waals surface area (Å²) in [6.45, 7) is 5.54. The molecule has 0 bridgehead atoms. The van der Waals surface area contributed by atoms with Gasteiger partial charge in [-0.05, 0) is 5.56 Å². The number of carbonyl (C=O) groups is 1. The van der Waals surface area contributed by atoms with Gasteiger partial charge in [0.25, 0.3) is 0 Å². The highest BCUT2D eigenvalue weighted by atomic mass is 16.5. The Bertz CT molecular complexity index is 464. The second-order valence-electron chi connectivity index (χ2n) is 5.06. The maximum Gasteiger partial charge on any atom is 0.318 e. The van der Waals surface area contributed by atoms with Crippen LogP contribution in [0.4, 0.5) is 4.79 Å². The van der Waals surface area contributed by atoms with Crippen molar-refractivity contribution in [2.75, 3.05) is 26.3 Å². The predicted octanol–water partition coefficient (Wildman–Crippen LogP) is 1.71. The molecule has 2 atom stereocenters. The molecule has 21 heavy (non-hydrogen) atoms. The standard InChI is InChI=1S/C16H22N2O3/c1-2-8-17-16(20)18-9-10-21-12-14(18)11-15(19)13-6-4-3-5-7-13/h2-7,14-15,19H,1,8-12H2,(H,17,20)/t14-,15+/m1/s1. The molecular formula is C16H22N2O3. The van der Waals surface area contributed by atoms with Crippen molar-refractivity contribution in [3.63, 3.8) is 0 Å². The second kappa shape index (κ2) is 7.81. The van der Waals surface area contributed by atoms with Crippen LogP contribution in [0.3, 0.4) is 0 Å². The Morgan fingerprint density at radius 1 is 1.52 bits per heavy atom. The second-order valence-corrected chi connectivity index (χ2v) is 5.06. The lowest BCUT2D eigenvalue weighted by atomic mass is 10.0. The minimum absolute atomic E-state index is 0.126. The topological polar surface area (TPSA) is 61.8 Å². The number of nitrogens with one attached hydrogen (secondary N) is 1. The molecule has 5 nitrogen and oxygen atoms in total. The van der Waals surface area contributed by atoms with Gasteiger partial charge in [-0.3, -0.25) is 0 Å². The molecule has 0 unspecified atom stereocenters. The van der Waals surface area contributed by atoms with Crippen molar-refractivity contribution in [2.24, 2.45) is 0 Å². The van der Waals surface area contributed by atoms with Gasteiger partial charge in [-0.25, -0.2) is 4.79 Å². The van der Waals surface area contributed by atoms with Crippen LogP contribution in [0.1, 0.15) is 18.1 Å². The maximum absolute atomic E-state index is 12.1. The molecule has 1 aliphatic rings. The summed E-state index contributed by atoms with van der Waals surface area (Å²) in [7, 11) is 0. The van der Waals surface area contributed by atoms with Crippen LogP contribution in [0.2, 0.25) is 0 Å². The van der Waals surface area contributed by atoms with Crippen molar-refractivity contribution in [3.05, 3.63) is 48.6 Å². The zero-order valence-electron chi connectivity index (χ0n) is 12.1. The monoisotopic (exact) mass is 290 g/mol. The first-order chi connectivity index (χ1) is 10.2. The van der Waals surface area contributed by atoms with Crippen LogP contribution in [0.25, 0.3) is 0 Å². The van der Waals surface area contributed by atoms with E-state index in [-0.39, 0.29) is 12.1 Å². The van der Waals surface area contributed by atoms with Gasteiger partial charge in [0.2, 0.25) is 0 Å². The molecule has 1 aliphatic heterocycles. The third-order valence-electron chi connectivity index (χ3n) is 3.57. The summed E-state index contributed by atoms with van der Waals surface area (Å²) in [6.07, 6.45) is 1.50. The number of rotatable bonds is 5. The molecule has 2 rings (SSSR count). The number of nitrogens with zero attached hydrogens (tertiary/aromatic N) is 1. The van der Waals surface area contributed by atoms with Gasteiger partial charge in [0.15, 0.2) is 0 Å². The van der Waals surface area contributed by atoms with Crippen molar-refractivity contribution >= 4 is 6.03 Å². The van der Waals surface area contributed by atoms with E-state index in [4.69, 9.17) is 4.74 Å². The minimum Gasteiger partial charge on any atom is -0.388 e. The lowest BCUT2D eigenvalue weighted by molar-refractivity contribution is -0.00674. The van der Waals surface area contributed by atoms with Crippen molar-refractivity contribution < 1.29 is 14.6 Å². The van der Waals surface area contributed by atoms with E-state index >= 15 is 0 Å². The van der Waals surface area contributed by atoms with E-state index in [1.54, 1.807) is 11.0 Å². The molecule has 0 saturated carbocycles. The first-order valence-corrected chi connectivity index (χ1v) is 7.18. The number of ether oxygens (including phenoxy) is 1. The SMILES string of the molecule is C=CCNC(=O)N1CCOC[C@H]1C[C@H](O)c1ccccc1. The van der Waals surface area contributed by atoms with Gasteiger partial charge in [0.05, 0.1) is 25.4 Å². The number of urea groups is 1. The van der Waals surface area contributed by atoms with E-state index in [2.05, 4.69) is 11.9 Å². The van der Waals surface area contributed by atoms with Gasteiger partial charge in [-0.1, -0.05) is 36.4 Å². The molecule has 0 aromatic heterocycles. The number of benzene rings is 1. The Labute approximate surface area is 125 Å². The van der Waals surface area contributed by atoms with Gasteiger partial charge in [0.1, 0.15) is 0 Å². The van der Waals surface area contributed by atoms with Crippen molar-refractivity contribution in [2.45, 2.75) is 18.6 Å². The van der Waals surface area contributed by atoms with Gasteiger partial charge >= 0.3 is 6.03 Å². The quantitative estimate of drug-likeness (QED) is 0.812. The van der Waals surface area contributed by atoms with Crippen LogP contribution in [0, 0.1) is 0 Å². The smallest absolute Gasteiger partial charge is 0.318 e. The largest absolute Gasteiger partial charge is 0.388 e. The molecular weight excluding hydrogens is 268 g/mol. The van der Waals surface area contributed by atoms with E-state index in [0.29, 0.717) is 32.7 Å². The number of aliphatic hydroxyl groups is 1. The summed E-state index contributed by atoms with van der Waals surface area (Å²) < 4.78 is 5.45. The Morgan fingerprint density at radius 3 is 3.00 bits per heavy atom. The van der Waals surface area contributed by atoms with Gasteiger partial charge in [-0.2, -0.15) is 0 Å². The van der Waals surface area contributed by atoms with Gasteiger partial charge in [0, 0.05) is 19.5 Å². The molecule has 2 amide bonds. The van der Waals surface area contributed by atoms with E-state index in [0.717, 1.165) is 5.56 Å². The van der Waals surface area contributed by atoms with Gasteiger partial charge < -0.3 is 20.1 Å². The fourth-order valence-electron chi connectivity index (χ4n) is 2.45. The normalized spacial score (nSPS) is 19.9. The number of aliphatic hydroxyl groups excluding tert-OH is 1. The number of amides is 2. The summed E-state index contributed by atoms with van der Waals surface area (Å²) >= 11 is 0. The molecule has 2 N–H and O–H groups in total. The lowest BCUT2D eigenvalue weighted by Gasteiger charge is -2.36. The minimum atomic E-state index is -0.604. The van der Waals surface area contributed by atoms with Crippen LogP contribution < -0.4 is 5.32 Å². The van der Waals surface area contributed by atoms with E-state index in [9.17, 15) is 9.90 Å². The molecule has 1 heterocycles. The molecule has 5 heteroatoms. The molecule has 114 valence electrons. The van der Waals surface area contributed by atoms with Crippen molar-refractivity contribution in [1.82, 2.24) is 10.2 Å². The highest BCUT2D eigenvalue weighted by Gasteiger charge is 2.29. The van der Waals surface area contributed by atoms with Crippen molar-refractivity contribution in [1.29, 1.82) is 0 Å². The Kier molecular flexibility index (Phi) is 5.78. The third-order valence-corrected chi connectivity index (χ3v) is 3.57. The van der Waals surface area contributed by atoms with Crippen LogP contribution in [-0.2, 0) is 4.74 Å². The van der Waals surface area contributed by atoms with Crippen molar-refractivity contribution in [3.8, 4) is 0 Å². The highest BCUT2D eigenvalue weighted by molar-refractivity contribution is 5.74. The first-order valence-electron chi connectivity index (χ1n) is 7.18. The predicted molar refractivity (Wildman–Crippen MR) is 80.9 cm³/mol. The summed E-state index contributed by atoms with van der Waals surface area (Å²) in [5, 5.41) is 13.1. The van der Waals surface area contributed by atoms with E-state index < -0.39 is 6.10 Å². The zero-order chi connectivity index (χ0) is 15.1. The summed E-state index contributed by atoms with van der Waals surface area (Å²) in [5.41, 5.74) is 0.856. The Hall–Kier alpha value is -1.85. The van der Waals surface area contributed by atoms with Crippen LogP contribution in [0.5, 0.6) is 0 Å². The summed E-state index contributed by atoms with van der Waals surface area (Å²) in [4.78, 5) is 13.9. The molecule has 0 radical (unpaired) electrons.